The minimum atomic E-state index is -4.69. The van der Waals surface area contributed by atoms with Crippen molar-refractivity contribution in [1.82, 2.24) is 19.9 Å². The van der Waals surface area contributed by atoms with Gasteiger partial charge in [0, 0.05) is 17.9 Å². The van der Waals surface area contributed by atoms with Crippen LogP contribution in [0.3, 0.4) is 0 Å². The molecule has 0 aliphatic rings. The number of hydrogen-bond donors (Lipinski definition) is 4. The van der Waals surface area contributed by atoms with Gasteiger partial charge in [-0.2, -0.15) is 26.3 Å². The Morgan fingerprint density at radius 2 is 1.55 bits per heavy atom. The normalized spacial score (nSPS) is 12.1. The zero-order valence-electron chi connectivity index (χ0n) is 17.2. The highest BCUT2D eigenvalue weighted by atomic mass is 19.4. The van der Waals surface area contributed by atoms with E-state index in [-0.39, 0.29) is 40.6 Å². The van der Waals surface area contributed by atoms with E-state index in [1.165, 1.54) is 12.1 Å². The summed E-state index contributed by atoms with van der Waals surface area (Å²) in [4.78, 5) is 15.2. The van der Waals surface area contributed by atoms with Crippen molar-refractivity contribution in [3.63, 3.8) is 0 Å². The van der Waals surface area contributed by atoms with Gasteiger partial charge in [-0.3, -0.25) is 10.8 Å². The van der Waals surface area contributed by atoms with E-state index in [1.54, 1.807) is 13.8 Å². The number of alkyl halides is 6. The number of hydrazine groups is 1. The maximum absolute atomic E-state index is 13.1. The molecule has 0 radical (unpaired) electrons. The van der Waals surface area contributed by atoms with Crippen molar-refractivity contribution < 1.29 is 26.3 Å². The minimum absolute atomic E-state index is 0.0361. The first-order valence-electron chi connectivity index (χ1n) is 9.38. The van der Waals surface area contributed by atoms with Crippen molar-refractivity contribution in [2.45, 2.75) is 32.2 Å². The van der Waals surface area contributed by atoms with Crippen LogP contribution in [0.5, 0.6) is 0 Å². The predicted octanol–water partition coefficient (Wildman–Crippen LogP) is 4.82. The monoisotopic (exact) mass is 472 g/mol. The predicted molar refractivity (Wildman–Crippen MR) is 109 cm³/mol. The Bertz CT molecular complexity index is 1130. The standard InChI is InChI=1S/C19H18F6N8/c1-9(2)28-16-14(33-26)17(29-10-6-7-27-13(8-10)19(23,24)25)32-15(31-16)11-4-3-5-12(30-11)18(20,21)22/h3-9,33H,26H2,1-2H3,(H2,27,28,29,31,32). The molecule has 14 heteroatoms. The first-order valence-corrected chi connectivity index (χ1v) is 9.38. The lowest BCUT2D eigenvalue weighted by atomic mass is 10.2. The van der Waals surface area contributed by atoms with Crippen molar-refractivity contribution in [2.75, 3.05) is 16.1 Å². The Balaban J connectivity index is 2.13. The third-order valence-electron chi connectivity index (χ3n) is 4.06. The second-order valence-electron chi connectivity index (χ2n) is 7.02. The van der Waals surface area contributed by atoms with Crippen molar-refractivity contribution in [1.29, 1.82) is 0 Å². The largest absolute Gasteiger partial charge is 0.433 e. The number of anilines is 4. The van der Waals surface area contributed by atoms with Crippen molar-refractivity contribution in [3.8, 4) is 11.5 Å². The number of nitrogens with one attached hydrogen (secondary N) is 3. The second kappa shape index (κ2) is 9.05. The second-order valence-corrected chi connectivity index (χ2v) is 7.02. The fraction of sp³-hybridized carbons (Fsp3) is 0.263. The SMILES string of the molecule is CC(C)Nc1nc(-c2cccc(C(F)(F)F)n2)nc(Nc2ccnc(C(F)(F)F)c2)c1NN. The molecule has 0 saturated heterocycles. The van der Waals surface area contributed by atoms with E-state index in [0.717, 1.165) is 24.4 Å². The molecule has 3 aromatic heterocycles. The van der Waals surface area contributed by atoms with E-state index >= 15 is 0 Å². The topological polar surface area (TPSA) is 114 Å². The van der Waals surface area contributed by atoms with Crippen LogP contribution >= 0.6 is 0 Å². The Morgan fingerprint density at radius 1 is 0.879 bits per heavy atom. The number of rotatable bonds is 6. The molecule has 176 valence electrons. The Hall–Kier alpha value is -3.68. The van der Waals surface area contributed by atoms with Crippen LogP contribution in [0.15, 0.2) is 36.5 Å². The molecule has 3 rings (SSSR count). The third kappa shape index (κ3) is 5.77. The zero-order chi connectivity index (χ0) is 24.4. The molecule has 0 unspecified atom stereocenters. The fourth-order valence-corrected chi connectivity index (χ4v) is 2.70. The van der Waals surface area contributed by atoms with Gasteiger partial charge in [-0.1, -0.05) is 6.07 Å². The summed E-state index contributed by atoms with van der Waals surface area (Å²) < 4.78 is 78.4. The van der Waals surface area contributed by atoms with Crippen LogP contribution in [0.2, 0.25) is 0 Å². The molecule has 5 N–H and O–H groups in total. The highest BCUT2D eigenvalue weighted by molar-refractivity contribution is 5.82. The lowest BCUT2D eigenvalue weighted by Crippen LogP contribution is -2.19. The summed E-state index contributed by atoms with van der Waals surface area (Å²) in [6.07, 6.45) is -8.43. The van der Waals surface area contributed by atoms with Crippen LogP contribution in [0, 0.1) is 0 Å². The lowest BCUT2D eigenvalue weighted by molar-refractivity contribution is -0.141. The van der Waals surface area contributed by atoms with Crippen molar-refractivity contribution >= 4 is 23.0 Å². The molecule has 3 aromatic rings. The lowest BCUT2D eigenvalue weighted by Gasteiger charge is -2.19. The van der Waals surface area contributed by atoms with Crippen LogP contribution in [0.25, 0.3) is 11.5 Å². The van der Waals surface area contributed by atoms with Crippen LogP contribution in [-0.4, -0.2) is 26.0 Å². The Kier molecular flexibility index (Phi) is 6.58. The summed E-state index contributed by atoms with van der Waals surface area (Å²) in [5.41, 5.74) is -0.102. The first-order chi connectivity index (χ1) is 15.4. The highest BCUT2D eigenvalue weighted by Crippen LogP contribution is 2.35. The Labute approximate surface area is 183 Å². The number of nitrogens with two attached hydrogens (primary N) is 1. The molecule has 0 fully saturated rings. The van der Waals surface area contributed by atoms with Crippen molar-refractivity contribution in [3.05, 3.63) is 47.9 Å². The number of aromatic nitrogens is 4. The molecule has 0 aromatic carbocycles. The molecule has 33 heavy (non-hydrogen) atoms. The molecular weight excluding hydrogens is 454 g/mol. The molecular formula is C19H18F6N8. The average molecular weight is 472 g/mol. The number of pyridine rings is 2. The van der Waals surface area contributed by atoms with Gasteiger partial charge in [0.2, 0.25) is 0 Å². The van der Waals surface area contributed by atoms with Gasteiger partial charge < -0.3 is 16.1 Å². The van der Waals surface area contributed by atoms with Crippen LogP contribution in [0.4, 0.5) is 49.4 Å². The fourth-order valence-electron chi connectivity index (χ4n) is 2.70. The molecule has 0 atom stereocenters. The summed E-state index contributed by atoms with van der Waals surface area (Å²) in [5, 5.41) is 5.65. The average Bonchev–Trinajstić information content (AvgIpc) is 2.72. The van der Waals surface area contributed by atoms with Gasteiger partial charge in [-0.15, -0.1) is 0 Å². The summed E-state index contributed by atoms with van der Waals surface area (Å²) in [5.74, 6) is 5.38. The molecule has 0 saturated carbocycles. The maximum atomic E-state index is 13.1. The third-order valence-corrected chi connectivity index (χ3v) is 4.06. The summed E-state index contributed by atoms with van der Waals surface area (Å²) in [6.45, 7) is 3.55. The van der Waals surface area contributed by atoms with E-state index in [0.29, 0.717) is 0 Å². The van der Waals surface area contributed by atoms with E-state index < -0.39 is 23.7 Å². The van der Waals surface area contributed by atoms with Crippen LogP contribution in [0.1, 0.15) is 25.2 Å². The number of nitrogens with zero attached hydrogens (tertiary/aromatic N) is 4. The van der Waals surface area contributed by atoms with E-state index in [1.807, 2.05) is 0 Å². The molecule has 0 aliphatic heterocycles. The van der Waals surface area contributed by atoms with Gasteiger partial charge in [-0.05, 0) is 38.1 Å². The molecule has 0 bridgehead atoms. The highest BCUT2D eigenvalue weighted by Gasteiger charge is 2.33. The van der Waals surface area contributed by atoms with Crippen LogP contribution in [-0.2, 0) is 12.4 Å². The van der Waals surface area contributed by atoms with E-state index in [9.17, 15) is 26.3 Å². The summed E-state index contributed by atoms with van der Waals surface area (Å²) in [6, 6.07) is 5.04. The van der Waals surface area contributed by atoms with E-state index in [4.69, 9.17) is 5.84 Å². The van der Waals surface area contributed by atoms with Crippen LogP contribution < -0.4 is 21.9 Å². The maximum Gasteiger partial charge on any atom is 0.433 e. The van der Waals surface area contributed by atoms with E-state index in [2.05, 4.69) is 36.0 Å². The molecule has 8 nitrogen and oxygen atoms in total. The minimum Gasteiger partial charge on any atom is -0.366 e. The Morgan fingerprint density at radius 3 is 2.15 bits per heavy atom. The summed E-state index contributed by atoms with van der Waals surface area (Å²) in [7, 11) is 0. The zero-order valence-corrected chi connectivity index (χ0v) is 17.2. The van der Waals surface area contributed by atoms with Gasteiger partial charge >= 0.3 is 12.4 Å². The number of nitrogen functional groups attached to an aromatic ring is 1. The van der Waals surface area contributed by atoms with Gasteiger partial charge in [-0.25, -0.2) is 15.0 Å². The van der Waals surface area contributed by atoms with Crippen molar-refractivity contribution in [2.24, 2.45) is 5.84 Å². The number of hydrogen-bond acceptors (Lipinski definition) is 8. The smallest absolute Gasteiger partial charge is 0.366 e. The van der Waals surface area contributed by atoms with Gasteiger partial charge in [0.15, 0.2) is 17.5 Å². The molecule has 0 aliphatic carbocycles. The molecule has 3 heterocycles. The van der Waals surface area contributed by atoms with Gasteiger partial charge in [0.05, 0.1) is 0 Å². The van der Waals surface area contributed by atoms with Gasteiger partial charge in [0.25, 0.3) is 0 Å². The summed E-state index contributed by atoms with van der Waals surface area (Å²) >= 11 is 0. The quantitative estimate of drug-likeness (QED) is 0.229. The van der Waals surface area contributed by atoms with Gasteiger partial charge in [0.1, 0.15) is 22.8 Å². The molecule has 0 amide bonds. The number of halogens is 6. The first kappa shape index (κ1) is 24.0. The molecule has 0 spiro atoms.